The summed E-state index contributed by atoms with van der Waals surface area (Å²) in [5, 5.41) is 5.70. The third kappa shape index (κ3) is 2.00. The Bertz CT molecular complexity index is 682. The van der Waals surface area contributed by atoms with Crippen LogP contribution in [-0.2, 0) is 15.1 Å². The molecule has 0 spiro atoms. The Morgan fingerprint density at radius 3 is 2.95 bits per heavy atom. The molecule has 2 aromatic heterocycles. The van der Waals surface area contributed by atoms with Crippen molar-refractivity contribution in [2.24, 2.45) is 0 Å². The van der Waals surface area contributed by atoms with E-state index in [1.807, 2.05) is 6.92 Å². The standard InChI is InChI=1S/C13H13ClIN3O2/c1-2-20-12(19)13(4-3-5-13)18-11-8(7-16-18)9(15)6-10(14)17-11/h6-7H,2-5H2,1H3. The second-order valence-corrected chi connectivity index (χ2v) is 6.38. The molecule has 1 saturated carbocycles. The Balaban J connectivity index is 2.16. The minimum Gasteiger partial charge on any atom is -0.464 e. The molecule has 0 saturated heterocycles. The van der Waals surface area contributed by atoms with Gasteiger partial charge in [0.1, 0.15) is 5.15 Å². The number of hydrogen-bond acceptors (Lipinski definition) is 4. The first kappa shape index (κ1) is 14.1. The van der Waals surface area contributed by atoms with Crippen molar-refractivity contribution in [1.82, 2.24) is 14.8 Å². The quantitative estimate of drug-likeness (QED) is 0.447. The van der Waals surface area contributed by atoms with Crippen molar-refractivity contribution >= 4 is 51.2 Å². The topological polar surface area (TPSA) is 57.0 Å². The minimum atomic E-state index is -0.710. The fourth-order valence-electron chi connectivity index (χ4n) is 2.53. The van der Waals surface area contributed by atoms with E-state index in [2.05, 4.69) is 32.7 Å². The number of halogens is 2. The number of fused-ring (bicyclic) bond motifs is 1. The summed E-state index contributed by atoms with van der Waals surface area (Å²) in [6.45, 7) is 2.18. The van der Waals surface area contributed by atoms with E-state index in [1.165, 1.54) is 0 Å². The molecule has 1 aliphatic rings. The van der Waals surface area contributed by atoms with E-state index in [0.717, 1.165) is 28.2 Å². The Morgan fingerprint density at radius 1 is 1.60 bits per heavy atom. The highest BCUT2D eigenvalue weighted by molar-refractivity contribution is 14.1. The van der Waals surface area contributed by atoms with Gasteiger partial charge in [-0.25, -0.2) is 14.5 Å². The molecule has 0 atom stereocenters. The number of rotatable bonds is 3. The van der Waals surface area contributed by atoms with Gasteiger partial charge in [0.2, 0.25) is 0 Å². The van der Waals surface area contributed by atoms with Crippen LogP contribution in [0.2, 0.25) is 5.15 Å². The molecule has 1 fully saturated rings. The summed E-state index contributed by atoms with van der Waals surface area (Å²) in [6.07, 6.45) is 4.18. The molecular formula is C13H13ClIN3O2. The summed E-state index contributed by atoms with van der Waals surface area (Å²) < 4.78 is 7.89. The smallest absolute Gasteiger partial charge is 0.334 e. The summed E-state index contributed by atoms with van der Waals surface area (Å²) in [4.78, 5) is 16.7. The van der Waals surface area contributed by atoms with Crippen LogP contribution in [0.25, 0.3) is 11.0 Å². The van der Waals surface area contributed by atoms with Gasteiger partial charge in [-0.15, -0.1) is 0 Å². The van der Waals surface area contributed by atoms with Gasteiger partial charge in [-0.2, -0.15) is 5.10 Å². The molecule has 0 bridgehead atoms. The minimum absolute atomic E-state index is 0.229. The van der Waals surface area contributed by atoms with Crippen molar-refractivity contribution in [3.8, 4) is 0 Å². The molecule has 20 heavy (non-hydrogen) atoms. The van der Waals surface area contributed by atoms with Crippen LogP contribution in [0.4, 0.5) is 0 Å². The van der Waals surface area contributed by atoms with Gasteiger partial charge >= 0.3 is 5.97 Å². The van der Waals surface area contributed by atoms with Gasteiger partial charge in [0.25, 0.3) is 0 Å². The zero-order chi connectivity index (χ0) is 14.3. The molecule has 106 valence electrons. The summed E-state index contributed by atoms with van der Waals surface area (Å²) in [6, 6.07) is 1.79. The lowest BCUT2D eigenvalue weighted by Gasteiger charge is -2.39. The maximum Gasteiger partial charge on any atom is 0.334 e. The van der Waals surface area contributed by atoms with E-state index < -0.39 is 5.54 Å². The van der Waals surface area contributed by atoms with Gasteiger partial charge in [0, 0.05) is 3.57 Å². The lowest BCUT2D eigenvalue weighted by molar-refractivity contribution is -0.159. The first-order chi connectivity index (χ1) is 9.58. The SMILES string of the molecule is CCOC(=O)C1(n2ncc3c(I)cc(Cl)nc32)CCC1. The molecule has 2 aromatic rings. The third-order valence-corrected chi connectivity index (χ3v) is 4.79. The van der Waals surface area contributed by atoms with Crippen LogP contribution in [0, 0.1) is 3.57 Å². The normalized spacial score (nSPS) is 16.9. The summed E-state index contributed by atoms with van der Waals surface area (Å²) in [5.74, 6) is -0.229. The van der Waals surface area contributed by atoms with Gasteiger partial charge in [-0.3, -0.25) is 0 Å². The highest BCUT2D eigenvalue weighted by Gasteiger charge is 2.49. The third-order valence-electron chi connectivity index (χ3n) is 3.70. The summed E-state index contributed by atoms with van der Waals surface area (Å²) >= 11 is 8.23. The van der Waals surface area contributed by atoms with Crippen molar-refractivity contribution in [2.45, 2.75) is 31.7 Å². The zero-order valence-corrected chi connectivity index (χ0v) is 13.8. The predicted molar refractivity (Wildman–Crippen MR) is 83.7 cm³/mol. The molecule has 0 unspecified atom stereocenters. The summed E-state index contributed by atoms with van der Waals surface area (Å²) in [7, 11) is 0. The van der Waals surface area contributed by atoms with E-state index in [0.29, 0.717) is 17.4 Å². The van der Waals surface area contributed by atoms with Crippen LogP contribution in [0.1, 0.15) is 26.2 Å². The molecule has 0 aliphatic heterocycles. The lowest BCUT2D eigenvalue weighted by Crippen LogP contribution is -2.49. The van der Waals surface area contributed by atoms with Crippen LogP contribution in [-0.4, -0.2) is 27.3 Å². The van der Waals surface area contributed by atoms with Crippen LogP contribution in [0.15, 0.2) is 12.3 Å². The average Bonchev–Trinajstić information content (AvgIpc) is 2.73. The molecule has 0 amide bonds. The van der Waals surface area contributed by atoms with Crippen LogP contribution in [0.3, 0.4) is 0 Å². The molecule has 1 aliphatic carbocycles. The van der Waals surface area contributed by atoms with Crippen molar-refractivity contribution < 1.29 is 9.53 Å². The highest BCUT2D eigenvalue weighted by Crippen LogP contribution is 2.42. The van der Waals surface area contributed by atoms with Gasteiger partial charge < -0.3 is 4.74 Å². The predicted octanol–water partition coefficient (Wildman–Crippen LogP) is 3.13. The molecule has 0 aromatic carbocycles. The Hall–Kier alpha value is -0.890. The Kier molecular flexibility index (Phi) is 3.62. The maximum atomic E-state index is 12.3. The van der Waals surface area contributed by atoms with E-state index >= 15 is 0 Å². The molecule has 5 nitrogen and oxygen atoms in total. The highest BCUT2D eigenvalue weighted by atomic mass is 127. The van der Waals surface area contributed by atoms with Crippen molar-refractivity contribution in [1.29, 1.82) is 0 Å². The second-order valence-electron chi connectivity index (χ2n) is 4.83. The first-order valence-corrected chi connectivity index (χ1v) is 7.91. The number of aromatic nitrogens is 3. The molecule has 3 rings (SSSR count). The van der Waals surface area contributed by atoms with E-state index in [9.17, 15) is 4.79 Å². The van der Waals surface area contributed by atoms with E-state index in [4.69, 9.17) is 16.3 Å². The van der Waals surface area contributed by atoms with Crippen LogP contribution < -0.4 is 0 Å². The van der Waals surface area contributed by atoms with Gasteiger partial charge in [0.05, 0.1) is 18.2 Å². The fourth-order valence-corrected chi connectivity index (χ4v) is 3.58. The van der Waals surface area contributed by atoms with Gasteiger partial charge in [-0.1, -0.05) is 11.6 Å². The molecular weight excluding hydrogens is 393 g/mol. The van der Waals surface area contributed by atoms with Gasteiger partial charge in [0.15, 0.2) is 11.2 Å². The first-order valence-electron chi connectivity index (χ1n) is 6.46. The van der Waals surface area contributed by atoms with Gasteiger partial charge in [-0.05, 0) is 54.8 Å². The molecule has 7 heteroatoms. The lowest BCUT2D eigenvalue weighted by atomic mass is 9.77. The monoisotopic (exact) mass is 405 g/mol. The number of hydrogen-bond donors (Lipinski definition) is 0. The van der Waals surface area contributed by atoms with Crippen molar-refractivity contribution in [3.05, 3.63) is 21.0 Å². The maximum absolute atomic E-state index is 12.3. The molecule has 0 radical (unpaired) electrons. The number of pyridine rings is 1. The van der Waals surface area contributed by atoms with E-state index in [-0.39, 0.29) is 5.97 Å². The van der Waals surface area contributed by atoms with Crippen LogP contribution >= 0.6 is 34.2 Å². The molecule has 0 N–H and O–H groups in total. The van der Waals surface area contributed by atoms with E-state index in [1.54, 1.807) is 16.9 Å². The Labute approximate surface area is 134 Å². The Morgan fingerprint density at radius 2 is 2.35 bits per heavy atom. The fraction of sp³-hybridized carbons (Fsp3) is 0.462. The largest absolute Gasteiger partial charge is 0.464 e. The molecule has 2 heterocycles. The number of esters is 1. The second kappa shape index (κ2) is 5.14. The van der Waals surface area contributed by atoms with Crippen molar-refractivity contribution in [3.63, 3.8) is 0 Å². The number of carbonyl (C=O) groups is 1. The van der Waals surface area contributed by atoms with Crippen LogP contribution in [0.5, 0.6) is 0 Å². The number of nitrogens with zero attached hydrogens (tertiary/aromatic N) is 3. The van der Waals surface area contributed by atoms with Crippen molar-refractivity contribution in [2.75, 3.05) is 6.61 Å². The summed E-state index contributed by atoms with van der Waals surface area (Å²) in [5.41, 5.74) is -0.0620. The zero-order valence-electron chi connectivity index (χ0n) is 10.9. The number of ether oxygens (including phenoxy) is 1. The number of carbonyl (C=O) groups excluding carboxylic acids is 1. The average molecular weight is 406 g/mol.